The van der Waals surface area contributed by atoms with E-state index in [-0.39, 0.29) is 91.0 Å². The van der Waals surface area contributed by atoms with Gasteiger partial charge in [0.25, 0.3) is 0 Å². The van der Waals surface area contributed by atoms with Gasteiger partial charge in [0, 0.05) is 5.92 Å². The molecule has 7 N–H and O–H groups in total. The van der Waals surface area contributed by atoms with Crippen molar-refractivity contribution in [2.45, 2.75) is 57.3 Å². The van der Waals surface area contributed by atoms with Gasteiger partial charge in [0.1, 0.15) is 11.5 Å². The van der Waals surface area contributed by atoms with Crippen molar-refractivity contribution >= 4 is 26.8 Å². The molecule has 0 aliphatic rings. The van der Waals surface area contributed by atoms with Crippen LogP contribution in [-0.2, 0) is 13.9 Å². The topological polar surface area (TPSA) is 185 Å². The average Bonchev–Trinajstić information content (AvgIpc) is 2.76. The summed E-state index contributed by atoms with van der Waals surface area (Å²) in [6, 6.07) is 11.8. The zero-order chi connectivity index (χ0) is 26.6. The molecule has 0 aliphatic carbocycles. The fraction of sp³-hybridized carbons (Fsp3) is 0.435. The Kier molecular flexibility index (Phi) is 15.5. The summed E-state index contributed by atoms with van der Waals surface area (Å²) in [6.07, 6.45) is 0.812. The Hall–Kier alpha value is -0.190. The van der Waals surface area contributed by atoms with Crippen molar-refractivity contribution in [3.05, 3.63) is 53.6 Å². The van der Waals surface area contributed by atoms with E-state index in [1.165, 1.54) is 13.0 Å². The van der Waals surface area contributed by atoms with Crippen LogP contribution in [0.2, 0.25) is 0 Å². The van der Waals surface area contributed by atoms with Crippen molar-refractivity contribution in [1.82, 2.24) is 0 Å². The number of amides is 1. The summed E-state index contributed by atoms with van der Waals surface area (Å²) in [4.78, 5) is 50.0. The molecule has 14 heteroatoms. The summed E-state index contributed by atoms with van der Waals surface area (Å²) < 4.78 is 23.1. The molecular weight excluding hydrogens is 542 g/mol. The number of anilines is 1. The molecule has 0 aromatic heterocycles. The first-order valence-corrected chi connectivity index (χ1v) is 14.6. The van der Waals surface area contributed by atoms with Crippen molar-refractivity contribution in [2.24, 2.45) is 5.92 Å². The molecule has 2 aromatic rings. The van der Waals surface area contributed by atoms with Gasteiger partial charge in [-0.2, -0.15) is 0 Å². The van der Waals surface area contributed by atoms with Crippen molar-refractivity contribution in [3.63, 3.8) is 0 Å². The fourth-order valence-electron chi connectivity index (χ4n) is 4.26. The van der Waals surface area contributed by atoms with Crippen molar-refractivity contribution in [2.75, 3.05) is 5.32 Å². The second-order valence-electron chi connectivity index (χ2n) is 8.68. The van der Waals surface area contributed by atoms with E-state index in [0.29, 0.717) is 0 Å². The van der Waals surface area contributed by atoms with Gasteiger partial charge < -0.3 is 38.0 Å². The second kappa shape index (κ2) is 15.6. The molecule has 37 heavy (non-hydrogen) atoms. The van der Waals surface area contributed by atoms with Gasteiger partial charge in [0.05, 0.1) is 5.69 Å². The van der Waals surface area contributed by atoms with Gasteiger partial charge in [-0.15, -0.1) is 0 Å². The van der Waals surface area contributed by atoms with Crippen molar-refractivity contribution in [3.8, 4) is 11.5 Å². The molecule has 0 saturated heterocycles. The number of carbonyl (C=O) groups excluding carboxylic acids is 1. The zero-order valence-electron chi connectivity index (χ0n) is 23.8. The van der Waals surface area contributed by atoms with Gasteiger partial charge in [0.15, 0.2) is 5.40 Å². The van der Waals surface area contributed by atoms with Gasteiger partial charge in [-0.25, -0.2) is 0 Å². The van der Waals surface area contributed by atoms with E-state index in [2.05, 4.69) is 5.32 Å². The van der Waals surface area contributed by atoms with Crippen LogP contribution in [0.1, 0.15) is 65.8 Å². The minimum atomic E-state index is -5.16. The molecule has 0 heterocycles. The van der Waals surface area contributed by atoms with Crippen LogP contribution in [0.3, 0.4) is 0 Å². The number of rotatable bonds is 11. The predicted octanol–water partition coefficient (Wildman–Crippen LogP) is -1.34. The molecule has 0 spiro atoms. The summed E-state index contributed by atoms with van der Waals surface area (Å²) in [5.74, 6) is -1.84. The Bertz CT molecular complexity index is 1110. The molecule has 0 bridgehead atoms. The van der Waals surface area contributed by atoms with Crippen LogP contribution in [0.4, 0.5) is 5.69 Å². The maximum atomic E-state index is 12.7. The number of phenols is 2. The summed E-state index contributed by atoms with van der Waals surface area (Å²) in [7, 11) is -10.3. The summed E-state index contributed by atoms with van der Waals surface area (Å²) in [5.41, 5.74) is 1.96. The molecule has 1 amide bonds. The molecule has 0 saturated carbocycles. The Morgan fingerprint density at radius 2 is 1.32 bits per heavy atom. The smallest absolute Gasteiger partial charge is 1.00 e. The number of nitrogens with one attached hydrogen (secondary N) is 1. The molecule has 3 atom stereocenters. The number of aromatic hydroxyl groups is 2. The first kappa shape index (κ1) is 36.8. The van der Waals surface area contributed by atoms with E-state index in [1.54, 1.807) is 24.3 Å². The van der Waals surface area contributed by atoms with Crippen LogP contribution in [0.25, 0.3) is 0 Å². The van der Waals surface area contributed by atoms with E-state index >= 15 is 0 Å². The summed E-state index contributed by atoms with van der Waals surface area (Å²) >= 11 is 0. The molecule has 2 aromatic carbocycles. The number of benzene rings is 2. The van der Waals surface area contributed by atoms with Gasteiger partial charge in [0.2, 0.25) is 5.91 Å². The number of carbonyl (C=O) groups is 1. The van der Waals surface area contributed by atoms with E-state index in [0.717, 1.165) is 24.0 Å². The first-order valence-electron chi connectivity index (χ1n) is 11.2. The minimum Gasteiger partial charge on any atom is -1.00 e. The third-order valence-corrected chi connectivity index (χ3v) is 9.96. The van der Waals surface area contributed by atoms with Gasteiger partial charge >= 0.3 is 74.3 Å². The zero-order valence-corrected chi connectivity index (χ0v) is 27.6. The number of phenolic OH excluding ortho intramolecular Hbond substituents is 2. The fourth-order valence-corrected chi connectivity index (χ4v) is 7.01. The molecule has 198 valence electrons. The van der Waals surface area contributed by atoms with Crippen LogP contribution in [-0.4, -0.2) is 41.1 Å². The molecule has 2 rings (SSSR count). The monoisotopic (exact) mass is 577 g/mol. The summed E-state index contributed by atoms with van der Waals surface area (Å²) in [5, 5.41) is 20.1. The predicted molar refractivity (Wildman–Crippen MR) is 135 cm³/mol. The Labute approximate surface area is 264 Å². The van der Waals surface area contributed by atoms with E-state index in [9.17, 15) is 43.7 Å². The van der Waals surface area contributed by atoms with Crippen LogP contribution in [0.5, 0.6) is 11.5 Å². The molecule has 0 aliphatic heterocycles. The number of hydrogen-bond donors (Lipinski definition) is 7. The molecule has 10 nitrogen and oxygen atoms in total. The number of hydrogen-bond acceptors (Lipinski definition) is 5. The van der Waals surface area contributed by atoms with E-state index in [1.807, 2.05) is 26.0 Å². The SMILES string of the molecule is CCC(c1ccc(O)cc1)C(CC)c1ccc(O)c(NC(=O)C(C)CC(P(=O)(O)O)P(=O)(O)O)c1.[H-].[H-].[Na+].[Na+]. The van der Waals surface area contributed by atoms with Crippen LogP contribution in [0.15, 0.2) is 42.5 Å². The largest absolute Gasteiger partial charge is 1.00 e. The Morgan fingerprint density at radius 1 is 0.865 bits per heavy atom. The minimum absolute atomic E-state index is 0. The van der Waals surface area contributed by atoms with Crippen molar-refractivity contribution < 1.29 is 106 Å². The van der Waals surface area contributed by atoms with Gasteiger partial charge in [-0.05, 0) is 66.5 Å². The molecule has 0 radical (unpaired) electrons. The third-order valence-electron chi connectivity index (χ3n) is 6.18. The maximum Gasteiger partial charge on any atom is 1.00 e. The van der Waals surface area contributed by atoms with Crippen LogP contribution >= 0.6 is 15.2 Å². The third kappa shape index (κ3) is 10.4. The molecule has 0 fully saturated rings. The molecular formula is C23H35NNa2O9P2. The maximum absolute atomic E-state index is 12.7. The van der Waals surface area contributed by atoms with Gasteiger partial charge in [-0.1, -0.05) is 39.0 Å². The normalized spacial score (nSPS) is 14.2. The van der Waals surface area contributed by atoms with Crippen LogP contribution < -0.4 is 64.4 Å². The average molecular weight is 577 g/mol. The second-order valence-corrected chi connectivity index (χ2v) is 12.7. The van der Waals surface area contributed by atoms with Crippen LogP contribution in [0, 0.1) is 5.92 Å². The van der Waals surface area contributed by atoms with Crippen molar-refractivity contribution in [1.29, 1.82) is 0 Å². The van der Waals surface area contributed by atoms with Gasteiger partial charge in [-0.3, -0.25) is 13.9 Å². The first-order chi connectivity index (χ1) is 16.2. The summed E-state index contributed by atoms with van der Waals surface area (Å²) in [6.45, 7) is 5.36. The van der Waals surface area contributed by atoms with E-state index < -0.39 is 38.8 Å². The quantitative estimate of drug-likeness (QED) is 0.0966. The Morgan fingerprint density at radius 3 is 1.78 bits per heavy atom. The molecule has 3 unspecified atom stereocenters. The van der Waals surface area contributed by atoms with E-state index in [4.69, 9.17) is 0 Å². The standard InChI is InChI=1S/C23H33NO9P2.2Na.2H/c1-4-18(15-6-9-17(25)10-7-15)19(5-2)16-8-11-21(26)20(13-16)24-23(27)14(3)12-22(34(28,29)30)35(31,32)33;;;;/h6-11,13-14,18-19,22,25-26H,4-5,12H2,1-3H3,(H,24,27)(H2,28,29,30)(H2,31,32,33);;;;/q;2*+1;2*-1. The Balaban J connectivity index is -0.00000324.